The SMILES string of the molecule is CNC(=O)c1c(-c2ccc(F)cc2)oc2cc(CN(c3ccc(Br)c(C(=O)OC)c3)S(=O)[O-])c(C3CC3)cc12. The second kappa shape index (κ2) is 10.9. The van der Waals surface area contributed by atoms with Gasteiger partial charge in [-0.2, -0.15) is 0 Å². The Labute approximate surface area is 234 Å². The van der Waals surface area contributed by atoms with Gasteiger partial charge < -0.3 is 19.0 Å². The van der Waals surface area contributed by atoms with Crippen molar-refractivity contribution < 1.29 is 31.9 Å². The molecule has 1 saturated carbocycles. The van der Waals surface area contributed by atoms with Gasteiger partial charge in [-0.15, -0.1) is 0 Å². The van der Waals surface area contributed by atoms with E-state index in [2.05, 4.69) is 21.2 Å². The molecule has 11 heteroatoms. The average molecular weight is 614 g/mol. The van der Waals surface area contributed by atoms with E-state index < -0.39 is 23.1 Å². The number of anilines is 1. The maximum Gasteiger partial charge on any atom is 0.339 e. The predicted octanol–water partition coefficient (Wildman–Crippen LogP) is 5.83. The van der Waals surface area contributed by atoms with Crippen LogP contribution in [0, 0.1) is 5.82 Å². The van der Waals surface area contributed by atoms with Gasteiger partial charge in [-0.1, -0.05) is 0 Å². The van der Waals surface area contributed by atoms with Crippen LogP contribution in [0.15, 0.2) is 63.5 Å². The Morgan fingerprint density at radius 2 is 1.90 bits per heavy atom. The van der Waals surface area contributed by atoms with E-state index in [1.807, 2.05) is 6.07 Å². The molecular formula is C28H23BrFN2O6S-. The number of hydrogen-bond donors (Lipinski definition) is 1. The van der Waals surface area contributed by atoms with Gasteiger partial charge in [0.1, 0.15) is 17.2 Å². The van der Waals surface area contributed by atoms with E-state index in [-0.39, 0.29) is 29.6 Å². The van der Waals surface area contributed by atoms with Crippen molar-refractivity contribution in [1.82, 2.24) is 5.32 Å². The number of halogens is 2. The van der Waals surface area contributed by atoms with Gasteiger partial charge in [0, 0.05) is 39.4 Å². The average Bonchev–Trinajstić information content (AvgIpc) is 3.71. The molecular weight excluding hydrogens is 591 g/mol. The molecule has 4 aromatic rings. The lowest BCUT2D eigenvalue weighted by atomic mass is 9.97. The Bertz CT molecular complexity index is 1620. The molecule has 1 atom stereocenters. The van der Waals surface area contributed by atoms with Crippen molar-refractivity contribution in [2.45, 2.75) is 25.3 Å². The summed E-state index contributed by atoms with van der Waals surface area (Å²) in [4.78, 5) is 25.1. The number of ether oxygens (including phenoxy) is 1. The highest BCUT2D eigenvalue weighted by molar-refractivity contribution is 9.10. The van der Waals surface area contributed by atoms with Crippen LogP contribution in [-0.4, -0.2) is 34.8 Å². The van der Waals surface area contributed by atoms with Gasteiger partial charge in [-0.25, -0.2) is 9.18 Å². The van der Waals surface area contributed by atoms with E-state index >= 15 is 0 Å². The fourth-order valence-corrected chi connectivity index (χ4v) is 5.53. The van der Waals surface area contributed by atoms with E-state index in [9.17, 15) is 22.7 Å². The lowest BCUT2D eigenvalue weighted by molar-refractivity contribution is 0.0599. The number of carbonyl (C=O) groups excluding carboxylic acids is 2. The molecule has 1 heterocycles. The molecule has 0 spiro atoms. The van der Waals surface area contributed by atoms with E-state index in [1.54, 1.807) is 18.2 Å². The molecule has 8 nitrogen and oxygen atoms in total. The van der Waals surface area contributed by atoms with Crippen LogP contribution in [0.25, 0.3) is 22.3 Å². The normalized spacial score (nSPS) is 13.8. The van der Waals surface area contributed by atoms with Crippen molar-refractivity contribution in [3.8, 4) is 11.3 Å². The van der Waals surface area contributed by atoms with Crippen LogP contribution in [0.2, 0.25) is 0 Å². The van der Waals surface area contributed by atoms with Crippen molar-refractivity contribution in [3.63, 3.8) is 0 Å². The molecule has 1 unspecified atom stereocenters. The number of furan rings is 1. The zero-order valence-electron chi connectivity index (χ0n) is 21.0. The minimum atomic E-state index is -2.67. The quantitative estimate of drug-likeness (QED) is 0.198. The predicted molar refractivity (Wildman–Crippen MR) is 148 cm³/mol. The Kier molecular flexibility index (Phi) is 7.57. The molecule has 1 N–H and O–H groups in total. The number of carbonyl (C=O) groups is 2. The molecule has 1 aliphatic carbocycles. The lowest BCUT2D eigenvalue weighted by Crippen LogP contribution is -2.25. The fraction of sp³-hybridized carbons (Fsp3) is 0.214. The number of methoxy groups -OCH3 is 1. The first kappa shape index (κ1) is 27.0. The first-order valence-corrected chi connectivity index (χ1v) is 13.9. The highest BCUT2D eigenvalue weighted by Gasteiger charge is 2.30. The van der Waals surface area contributed by atoms with Gasteiger partial charge in [0.2, 0.25) is 0 Å². The van der Waals surface area contributed by atoms with Gasteiger partial charge in [-0.05, 0) is 100 Å². The van der Waals surface area contributed by atoms with Gasteiger partial charge in [-0.3, -0.25) is 13.3 Å². The van der Waals surface area contributed by atoms with Crippen LogP contribution in [-0.2, 0) is 22.5 Å². The smallest absolute Gasteiger partial charge is 0.339 e. The van der Waals surface area contributed by atoms with E-state index in [4.69, 9.17) is 9.15 Å². The summed E-state index contributed by atoms with van der Waals surface area (Å²) in [7, 11) is 2.77. The number of hydrogen-bond acceptors (Lipinski definition) is 6. The second-order valence-corrected chi connectivity index (χ2v) is 10.9. The molecule has 1 fully saturated rings. The summed E-state index contributed by atoms with van der Waals surface area (Å²) in [5.41, 5.74) is 3.36. The summed E-state index contributed by atoms with van der Waals surface area (Å²) in [6.07, 6.45) is 1.86. The maximum absolute atomic E-state index is 13.6. The number of fused-ring (bicyclic) bond motifs is 1. The Morgan fingerprint density at radius 3 is 2.51 bits per heavy atom. The van der Waals surface area contributed by atoms with Crippen LogP contribution in [0.4, 0.5) is 10.1 Å². The molecule has 202 valence electrons. The van der Waals surface area contributed by atoms with Crippen LogP contribution >= 0.6 is 15.9 Å². The third-order valence-electron chi connectivity index (χ3n) is 6.66. The Hall–Kier alpha value is -3.54. The van der Waals surface area contributed by atoms with Crippen molar-refractivity contribution in [1.29, 1.82) is 0 Å². The number of esters is 1. The summed E-state index contributed by atoms with van der Waals surface area (Å²) in [5.74, 6) is -0.864. The van der Waals surface area contributed by atoms with Crippen molar-refractivity contribution in [3.05, 3.63) is 87.1 Å². The van der Waals surface area contributed by atoms with Gasteiger partial charge >= 0.3 is 5.97 Å². The van der Waals surface area contributed by atoms with Gasteiger partial charge in [0.15, 0.2) is 0 Å². The third kappa shape index (κ3) is 5.34. The highest BCUT2D eigenvalue weighted by atomic mass is 79.9. The number of benzene rings is 3. The zero-order chi connectivity index (χ0) is 27.8. The topological polar surface area (TPSA) is 112 Å². The van der Waals surface area contributed by atoms with E-state index in [0.29, 0.717) is 37.9 Å². The fourth-order valence-electron chi connectivity index (χ4n) is 4.59. The first-order valence-electron chi connectivity index (χ1n) is 12.0. The summed E-state index contributed by atoms with van der Waals surface area (Å²) >= 11 is 0.628. The molecule has 39 heavy (non-hydrogen) atoms. The molecule has 1 amide bonds. The van der Waals surface area contributed by atoms with E-state index in [0.717, 1.165) is 22.7 Å². The highest BCUT2D eigenvalue weighted by Crippen LogP contribution is 2.45. The molecule has 0 aliphatic heterocycles. The third-order valence-corrected chi connectivity index (χ3v) is 8.06. The lowest BCUT2D eigenvalue weighted by Gasteiger charge is -2.28. The molecule has 1 aliphatic rings. The summed E-state index contributed by atoms with van der Waals surface area (Å²) in [6, 6.07) is 13.9. The minimum absolute atomic E-state index is 0.0258. The number of amides is 1. The largest absolute Gasteiger partial charge is 0.755 e. The molecule has 3 aromatic carbocycles. The summed E-state index contributed by atoms with van der Waals surface area (Å²) in [6.45, 7) is -0.0258. The van der Waals surface area contributed by atoms with Crippen LogP contribution < -0.4 is 9.62 Å². The molecule has 0 radical (unpaired) electrons. The molecule has 0 bridgehead atoms. The molecule has 5 rings (SSSR count). The van der Waals surface area contributed by atoms with Crippen LogP contribution in [0.5, 0.6) is 0 Å². The molecule has 1 aromatic heterocycles. The Balaban J connectivity index is 1.64. The van der Waals surface area contributed by atoms with Gasteiger partial charge in [0.25, 0.3) is 5.91 Å². The van der Waals surface area contributed by atoms with Gasteiger partial charge in [0.05, 0.1) is 24.8 Å². The monoisotopic (exact) mass is 613 g/mol. The standard InChI is InChI=1S/C28H24BrFN2O6S/c1-31-27(33)25-22-13-20(15-3-4-15)17(11-24(22)38-26(25)16-5-7-18(30)8-6-16)14-32(39(35)36)19-9-10-23(29)21(12-19)28(34)37-2/h5-13,15H,3-4,14H2,1-2H3,(H,31,33)(H,35,36)/p-1. The number of nitrogens with zero attached hydrogens (tertiary/aromatic N) is 1. The summed E-state index contributed by atoms with van der Waals surface area (Å²) in [5, 5.41) is 3.24. The van der Waals surface area contributed by atoms with Crippen LogP contribution in [0.1, 0.15) is 50.6 Å². The van der Waals surface area contributed by atoms with Crippen molar-refractivity contribution in [2.24, 2.45) is 0 Å². The van der Waals surface area contributed by atoms with Crippen LogP contribution in [0.3, 0.4) is 0 Å². The number of rotatable bonds is 8. The van der Waals surface area contributed by atoms with E-state index in [1.165, 1.54) is 44.5 Å². The number of nitrogens with one attached hydrogen (secondary N) is 1. The van der Waals surface area contributed by atoms with Crippen molar-refractivity contribution in [2.75, 3.05) is 18.5 Å². The maximum atomic E-state index is 13.6. The van der Waals surface area contributed by atoms with Crippen molar-refractivity contribution >= 4 is 55.7 Å². The first-order chi connectivity index (χ1) is 18.7. The second-order valence-electron chi connectivity index (χ2n) is 9.12. The summed E-state index contributed by atoms with van der Waals surface area (Å²) < 4.78 is 50.9. The molecule has 0 saturated heterocycles. The zero-order valence-corrected chi connectivity index (χ0v) is 23.4. The Morgan fingerprint density at radius 1 is 1.18 bits per heavy atom. The minimum Gasteiger partial charge on any atom is -0.755 e.